The van der Waals surface area contributed by atoms with Crippen molar-refractivity contribution in [3.63, 3.8) is 0 Å². The molecule has 0 bridgehead atoms. The summed E-state index contributed by atoms with van der Waals surface area (Å²) in [6.07, 6.45) is 2.58. The molecule has 2 aromatic rings. The molecule has 1 N–H and O–H groups in total. The van der Waals surface area contributed by atoms with E-state index < -0.39 is 0 Å². The largest absolute Gasteiger partial charge is 0.378 e. The lowest BCUT2D eigenvalue weighted by atomic mass is 10.1. The van der Waals surface area contributed by atoms with Crippen molar-refractivity contribution in [2.45, 2.75) is 25.8 Å². The standard InChI is InChI=1S/C16H18Cl2N2S/c1-11(14-10-15(17)21-16(14)18)19-12-5-4-6-13(9-12)20-7-2-3-8-20/h4-6,9-11,19H,2-3,7-8H2,1H3. The van der Waals surface area contributed by atoms with Gasteiger partial charge in [0.1, 0.15) is 0 Å². The number of halogens is 2. The van der Waals surface area contributed by atoms with Gasteiger partial charge in [0.05, 0.1) is 14.7 Å². The van der Waals surface area contributed by atoms with Gasteiger partial charge in [-0.1, -0.05) is 29.3 Å². The van der Waals surface area contributed by atoms with Crippen LogP contribution in [0.3, 0.4) is 0 Å². The van der Waals surface area contributed by atoms with E-state index in [0.717, 1.165) is 33.0 Å². The van der Waals surface area contributed by atoms with Crippen molar-refractivity contribution in [1.29, 1.82) is 0 Å². The van der Waals surface area contributed by atoms with Crippen LogP contribution in [0, 0.1) is 0 Å². The maximum Gasteiger partial charge on any atom is 0.0996 e. The maximum absolute atomic E-state index is 6.23. The van der Waals surface area contributed by atoms with Gasteiger partial charge in [0, 0.05) is 30.0 Å². The fourth-order valence-corrected chi connectivity index (χ4v) is 4.39. The Kier molecular flexibility index (Phi) is 4.63. The van der Waals surface area contributed by atoms with E-state index in [4.69, 9.17) is 23.2 Å². The van der Waals surface area contributed by atoms with E-state index in [1.807, 2.05) is 6.07 Å². The molecule has 3 rings (SSSR count). The van der Waals surface area contributed by atoms with Crippen LogP contribution in [-0.2, 0) is 0 Å². The molecule has 21 heavy (non-hydrogen) atoms. The Labute approximate surface area is 139 Å². The molecule has 1 saturated heterocycles. The van der Waals surface area contributed by atoms with Crippen LogP contribution in [-0.4, -0.2) is 13.1 Å². The normalized spacial score (nSPS) is 16.2. The van der Waals surface area contributed by atoms with Crippen LogP contribution in [0.25, 0.3) is 0 Å². The number of thiophene rings is 1. The molecular formula is C16H18Cl2N2S. The molecule has 1 aromatic heterocycles. The summed E-state index contributed by atoms with van der Waals surface area (Å²) in [4.78, 5) is 2.43. The second kappa shape index (κ2) is 6.47. The Morgan fingerprint density at radius 2 is 1.95 bits per heavy atom. The van der Waals surface area contributed by atoms with Crippen LogP contribution in [0.1, 0.15) is 31.4 Å². The van der Waals surface area contributed by atoms with Crippen molar-refractivity contribution in [3.05, 3.63) is 44.6 Å². The van der Waals surface area contributed by atoms with Crippen molar-refractivity contribution in [1.82, 2.24) is 0 Å². The van der Waals surface area contributed by atoms with Gasteiger partial charge in [0.15, 0.2) is 0 Å². The van der Waals surface area contributed by atoms with Gasteiger partial charge >= 0.3 is 0 Å². The lowest BCUT2D eigenvalue weighted by Gasteiger charge is -2.20. The first-order valence-corrected chi connectivity index (χ1v) is 8.77. The molecule has 0 aliphatic carbocycles. The van der Waals surface area contributed by atoms with Crippen LogP contribution in [0.4, 0.5) is 11.4 Å². The van der Waals surface area contributed by atoms with Gasteiger partial charge in [-0.3, -0.25) is 0 Å². The summed E-state index contributed by atoms with van der Waals surface area (Å²) >= 11 is 13.7. The minimum atomic E-state index is 0.134. The first-order chi connectivity index (χ1) is 10.1. The lowest BCUT2D eigenvalue weighted by molar-refractivity contribution is 0.889. The molecule has 5 heteroatoms. The van der Waals surface area contributed by atoms with Crippen molar-refractivity contribution >= 4 is 45.9 Å². The molecule has 1 unspecified atom stereocenters. The Morgan fingerprint density at radius 1 is 1.19 bits per heavy atom. The van der Waals surface area contributed by atoms with Crippen molar-refractivity contribution in [3.8, 4) is 0 Å². The molecule has 1 atom stereocenters. The van der Waals surface area contributed by atoms with Gasteiger partial charge in [-0.2, -0.15) is 0 Å². The molecule has 2 nitrogen and oxygen atoms in total. The van der Waals surface area contributed by atoms with E-state index in [-0.39, 0.29) is 6.04 Å². The molecule has 0 radical (unpaired) electrons. The monoisotopic (exact) mass is 340 g/mol. The number of hydrogen-bond donors (Lipinski definition) is 1. The lowest BCUT2D eigenvalue weighted by Crippen LogP contribution is -2.17. The zero-order valence-corrected chi connectivity index (χ0v) is 14.2. The molecule has 1 fully saturated rings. The van der Waals surface area contributed by atoms with E-state index in [1.54, 1.807) is 0 Å². The van der Waals surface area contributed by atoms with Crippen LogP contribution in [0.5, 0.6) is 0 Å². The Bertz CT molecular complexity index is 620. The highest BCUT2D eigenvalue weighted by atomic mass is 35.5. The summed E-state index contributed by atoms with van der Waals surface area (Å²) in [6.45, 7) is 4.42. The highest BCUT2D eigenvalue weighted by Gasteiger charge is 2.15. The molecule has 1 aliphatic heterocycles. The predicted molar refractivity (Wildman–Crippen MR) is 94.3 cm³/mol. The van der Waals surface area contributed by atoms with Gasteiger partial charge in [-0.15, -0.1) is 11.3 Å². The quantitative estimate of drug-likeness (QED) is 0.753. The summed E-state index contributed by atoms with van der Waals surface area (Å²) in [7, 11) is 0. The zero-order chi connectivity index (χ0) is 14.8. The van der Waals surface area contributed by atoms with Gasteiger partial charge in [-0.25, -0.2) is 0 Å². The molecule has 2 heterocycles. The Morgan fingerprint density at radius 3 is 2.62 bits per heavy atom. The summed E-state index contributed by atoms with van der Waals surface area (Å²) in [5.41, 5.74) is 3.46. The summed E-state index contributed by atoms with van der Waals surface area (Å²) in [5.74, 6) is 0. The number of nitrogens with one attached hydrogen (secondary N) is 1. The van der Waals surface area contributed by atoms with Crippen LogP contribution >= 0.6 is 34.5 Å². The van der Waals surface area contributed by atoms with Gasteiger partial charge in [0.2, 0.25) is 0 Å². The van der Waals surface area contributed by atoms with E-state index in [2.05, 4.69) is 41.4 Å². The van der Waals surface area contributed by atoms with E-state index in [9.17, 15) is 0 Å². The van der Waals surface area contributed by atoms with E-state index >= 15 is 0 Å². The number of benzene rings is 1. The Balaban J connectivity index is 1.75. The highest BCUT2D eigenvalue weighted by Crippen LogP contribution is 2.36. The van der Waals surface area contributed by atoms with Crippen molar-refractivity contribution < 1.29 is 0 Å². The summed E-state index contributed by atoms with van der Waals surface area (Å²) in [6, 6.07) is 10.7. The average molecular weight is 341 g/mol. The molecular weight excluding hydrogens is 323 g/mol. The SMILES string of the molecule is CC(Nc1cccc(N2CCCC2)c1)c1cc(Cl)sc1Cl. The Hall–Kier alpha value is -0.900. The van der Waals surface area contributed by atoms with E-state index in [1.165, 1.54) is 29.9 Å². The smallest absolute Gasteiger partial charge is 0.0996 e. The highest BCUT2D eigenvalue weighted by molar-refractivity contribution is 7.20. The van der Waals surface area contributed by atoms with Crippen molar-refractivity contribution in [2.75, 3.05) is 23.3 Å². The molecule has 0 saturated carbocycles. The molecule has 112 valence electrons. The minimum absolute atomic E-state index is 0.134. The van der Waals surface area contributed by atoms with Gasteiger partial charge < -0.3 is 10.2 Å². The average Bonchev–Trinajstić information content (AvgIpc) is 3.08. The third-order valence-electron chi connectivity index (χ3n) is 3.85. The fraction of sp³-hybridized carbons (Fsp3) is 0.375. The third kappa shape index (κ3) is 3.47. The molecule has 0 spiro atoms. The van der Waals surface area contributed by atoms with E-state index in [0.29, 0.717) is 0 Å². The predicted octanol–water partition coefficient (Wildman–Crippen LogP) is 5.83. The number of nitrogens with zero attached hydrogens (tertiary/aromatic N) is 1. The summed E-state index contributed by atoms with van der Waals surface area (Å²) < 4.78 is 1.49. The second-order valence-electron chi connectivity index (χ2n) is 5.39. The number of hydrogen-bond acceptors (Lipinski definition) is 3. The first kappa shape index (κ1) is 15.0. The van der Waals surface area contributed by atoms with Crippen LogP contribution < -0.4 is 10.2 Å². The summed E-state index contributed by atoms with van der Waals surface area (Å²) in [5, 5.41) is 3.51. The topological polar surface area (TPSA) is 15.3 Å². The van der Waals surface area contributed by atoms with Gasteiger partial charge in [-0.05, 0) is 44.0 Å². The van der Waals surface area contributed by atoms with Crippen LogP contribution in [0.15, 0.2) is 30.3 Å². The fourth-order valence-electron chi connectivity index (χ4n) is 2.74. The minimum Gasteiger partial charge on any atom is -0.378 e. The van der Waals surface area contributed by atoms with Crippen LogP contribution in [0.2, 0.25) is 8.67 Å². The van der Waals surface area contributed by atoms with Crippen molar-refractivity contribution in [2.24, 2.45) is 0 Å². The zero-order valence-electron chi connectivity index (χ0n) is 11.9. The molecule has 0 amide bonds. The number of anilines is 2. The molecule has 1 aliphatic rings. The maximum atomic E-state index is 6.23. The molecule has 1 aromatic carbocycles. The first-order valence-electron chi connectivity index (χ1n) is 7.20. The van der Waals surface area contributed by atoms with Gasteiger partial charge in [0.25, 0.3) is 0 Å². The number of rotatable bonds is 4. The third-order valence-corrected chi connectivity index (χ3v) is 5.37. The second-order valence-corrected chi connectivity index (χ2v) is 7.68.